The van der Waals surface area contributed by atoms with Crippen molar-refractivity contribution in [2.24, 2.45) is 46.5 Å². The van der Waals surface area contributed by atoms with Gasteiger partial charge in [0.15, 0.2) is 49.0 Å². The van der Waals surface area contributed by atoms with Crippen molar-refractivity contribution in [1.82, 2.24) is 35.6 Å². The monoisotopic (exact) mass is 2300 g/mol. The minimum absolute atomic E-state index is 0. The van der Waals surface area contributed by atoms with Gasteiger partial charge in [-0.1, -0.05) is 264 Å². The number of azide groups is 1. The number of nitrogens with one attached hydrogen (secondary N) is 7. The number of hydrogen-bond donors (Lipinski definition) is 11. The largest absolute Gasteiger partial charge is 1.00 e. The molecule has 1 heterocycles. The van der Waals surface area contributed by atoms with Crippen molar-refractivity contribution in [3.63, 3.8) is 0 Å². The summed E-state index contributed by atoms with van der Waals surface area (Å²) in [6.07, 6.45) is 5.72. The van der Waals surface area contributed by atoms with E-state index in [1.807, 2.05) is 62.3 Å². The number of aliphatic hydroxyl groups is 4. The molecule has 0 aliphatic carbocycles. The van der Waals surface area contributed by atoms with Gasteiger partial charge in [0.2, 0.25) is 9.05 Å². The molecule has 1 fully saturated rings. The number of ether oxygens (including phenoxy) is 1. The molecule has 0 amide bonds. The van der Waals surface area contributed by atoms with Gasteiger partial charge in [-0.2, -0.15) is 19.5 Å². The maximum absolute atomic E-state index is 11.8. The average Bonchev–Trinajstić information content (AvgIpc) is 1.39. The zero-order chi connectivity index (χ0) is 109. The molecule has 0 aromatic rings. The maximum atomic E-state index is 11.8. The first kappa shape index (κ1) is 170. The Morgan fingerprint density at radius 1 is 0.478 bits per heavy atom. The molecule has 11 N–H and O–H groups in total. The Morgan fingerprint density at radius 3 is 0.928 bits per heavy atom. The Bertz CT molecular complexity index is 3360. The molecule has 3 radical (unpaired) electrons. The molecule has 0 aromatic heterocycles. The van der Waals surface area contributed by atoms with Crippen LogP contribution in [0.2, 0.25) is 109 Å². The summed E-state index contributed by atoms with van der Waals surface area (Å²) in [7, 11) is 4.96. The SMILES string of the molecule is C.CC(C)(C)[Si](C)(C)Cl.CS(=O)(=O)Cl.C[C@@H](CO)C[C@H](O)[C@H](C)NP.C[C@@H](CO[Si](C)(C)C(C)(C)C)CC(=O)[C@H](C)NP.C[C@@H](CO[Si](C)(C)C(C)(C)C)C[C@@H](O)[C@H](C)NP.C[C@@H](CO[Si](C)(C)C(C)(C)C)C[C@@H](OS(C)(=O)=O)[C@H](C)NP.C[C@@H](CO[Si](C)(C)C(C)(C)C)C[C@H](N=[N+]=[N-])[C@H](C)NP.C[C@@H](CO[Si](C)(C)C(C)(C)C)C[C@H](O)[C@H](C)NP.C[C@@H]1C[C@@H]([C@H](C)NP)OC1=O.[B].[H-].[N-]=[N+]=[N-].[Na+].[Na+]. The van der Waals surface area contributed by atoms with E-state index in [0.717, 1.165) is 58.0 Å². The first-order chi connectivity index (χ1) is 59.7. The number of carbonyl (C=O) groups is 2. The number of halogens is 2. The summed E-state index contributed by atoms with van der Waals surface area (Å²) < 4.78 is 82.9. The molecule has 1 aliphatic heterocycles. The fraction of sp³-hybridized carbons (Fsp3) is 0.977. The maximum Gasteiger partial charge on any atom is 1.00 e. The molecule has 0 saturated carbocycles. The molecule has 0 bridgehead atoms. The molecule has 50 heteroatoms. The van der Waals surface area contributed by atoms with Crippen molar-refractivity contribution in [3.05, 3.63) is 26.4 Å². The van der Waals surface area contributed by atoms with Gasteiger partial charge in [-0.25, -0.2) is 8.42 Å². The van der Waals surface area contributed by atoms with Crippen LogP contribution in [0.4, 0.5) is 0 Å². The standard InChI is InChI=1S/C14H34NO4PSSi.C13H31N4OPSi.2C13H32NO2PSi.C13H30NO2PSi.C7H14NO2P.C7H18NO2P.C6H15ClSi.CH3ClO2S.CH4.B.N3.2Na.H/c1-11(10-18-22(7,8)14(3,4)5)9-13(12(2)15-20)19-21(6,16)17;1-10(8-12(15-17-14)11(2)16-19)9-18-20(6,7)13(3,4)5;3*1-10(8-12(15)11(2)14-17)9-16-18(6,7)13(3,4)5;1-4-3-6(5(2)8-11)10-7(4)9;1-5(4-9)3-7(10)6(2)8-11;1-6(2,3)8(4,5)7;1-5(2,3)4;;;1-3-2;;;/h11-13,15H,9-10,20H2,1-8H3;10-12,16H,8-9,19H2,1-7H3;2*10-12,14-15H,8-9,17H2,1-7H3;10-11,14H,8-9,17H2,1-7H3;4-6,8H,3,11H2,1-2H3;5-10H,3-4,11H2,1-2H3;1-5H3;1H3;1H4;;;;;/q;;;;;;;;;;;-1;2*+1;-1/t11-,12+,13-;2*10-,11+,12+;10-,11+,12-;10-,11+;4-,5+,6+;5-,6+,7+;;;;;;;;/m1111111......../s1. The van der Waals surface area contributed by atoms with Gasteiger partial charge in [0.25, 0.3) is 10.1 Å². The third kappa shape index (κ3) is 87.3. The Morgan fingerprint density at radius 2 is 0.725 bits per heavy atom. The minimum atomic E-state index is -3.47. The summed E-state index contributed by atoms with van der Waals surface area (Å²) in [6.45, 7) is 98.8. The molecule has 0 spiro atoms. The van der Waals surface area contributed by atoms with Gasteiger partial charge in [-0.3, -0.25) is 54.3 Å². The topological polar surface area (TPSA) is 440 Å². The molecule has 823 valence electrons. The summed E-state index contributed by atoms with van der Waals surface area (Å²) in [4.78, 5) is 27.2. The van der Waals surface area contributed by atoms with Crippen LogP contribution in [0.15, 0.2) is 5.11 Å². The minimum Gasteiger partial charge on any atom is -1.00 e. The fourth-order valence-corrected chi connectivity index (χ4v) is 17.1. The molecule has 27 atom stereocenters. The number of cyclic esters (lactones) is 1. The Balaban J connectivity index is -0.000000107. The van der Waals surface area contributed by atoms with Crippen LogP contribution in [-0.2, 0) is 59.8 Å². The third-order valence-electron chi connectivity index (χ3n) is 26.0. The zero-order valence-corrected chi connectivity index (χ0v) is 116. The van der Waals surface area contributed by atoms with E-state index in [2.05, 4.69) is 360 Å². The van der Waals surface area contributed by atoms with Crippen LogP contribution in [-0.4, -0.2) is 237 Å². The summed E-state index contributed by atoms with van der Waals surface area (Å²) in [5, 5.41) is 64.2. The predicted octanol–water partition coefficient (Wildman–Crippen LogP) is 16.8. The smallest absolute Gasteiger partial charge is 1.00 e. The normalized spacial score (nSPS) is 17.9. The van der Waals surface area contributed by atoms with Crippen LogP contribution in [0.5, 0.6) is 0 Å². The van der Waals surface area contributed by atoms with Gasteiger partial charge >= 0.3 is 65.1 Å². The van der Waals surface area contributed by atoms with E-state index in [-0.39, 0.29) is 216 Å². The number of nitrogens with zero attached hydrogens (tertiary/aromatic N) is 6. The van der Waals surface area contributed by atoms with Crippen LogP contribution in [0, 0.1) is 41.4 Å². The van der Waals surface area contributed by atoms with Crippen molar-refractivity contribution >= 4 is 176 Å². The third-order valence-corrected chi connectivity index (χ3v) is 58.0. The Kier molecular flexibility index (Phi) is 100. The molecular weight excluding hydrogens is 2090 g/mol. The summed E-state index contributed by atoms with van der Waals surface area (Å²) in [5.41, 5.74) is 22.2. The number of carbonyl (C=O) groups excluding carboxylic acids is 2. The number of ketones is 1. The van der Waals surface area contributed by atoms with Crippen LogP contribution >= 0.6 is 87.5 Å². The van der Waals surface area contributed by atoms with E-state index >= 15 is 0 Å². The van der Waals surface area contributed by atoms with Gasteiger partial charge in [0.05, 0.1) is 54.9 Å². The predicted molar refractivity (Wildman–Crippen MR) is 628 cm³/mol. The van der Waals surface area contributed by atoms with Crippen molar-refractivity contribution in [3.8, 4) is 0 Å². The first-order valence-electron chi connectivity index (χ1n) is 47.0. The van der Waals surface area contributed by atoms with Gasteiger partial charge < -0.3 is 59.8 Å². The van der Waals surface area contributed by atoms with E-state index in [0.29, 0.717) is 55.3 Å². The number of aliphatic hydroxyl groups excluding tert-OH is 4. The summed E-state index contributed by atoms with van der Waals surface area (Å²) in [6, 6.07) is 0.431. The quantitative estimate of drug-likeness (QED) is 0.00310. The van der Waals surface area contributed by atoms with E-state index in [9.17, 15) is 41.7 Å². The van der Waals surface area contributed by atoms with Gasteiger partial charge in [0.1, 0.15) is 11.9 Å². The molecule has 1 aliphatic rings. The van der Waals surface area contributed by atoms with Crippen molar-refractivity contribution in [2.45, 2.75) is 462 Å². The summed E-state index contributed by atoms with van der Waals surface area (Å²) >= 11 is 6.15. The van der Waals surface area contributed by atoms with Crippen LogP contribution < -0.4 is 94.7 Å². The molecule has 0 aromatic carbocycles. The number of esters is 1. The van der Waals surface area contributed by atoms with E-state index in [4.69, 9.17) is 63.8 Å². The Hall–Kier alpha value is 3.94. The molecular formula is C88H214BCl2N13Na2O17P7S2Si6. The van der Waals surface area contributed by atoms with Crippen molar-refractivity contribution in [2.75, 3.05) is 52.2 Å². The average molecular weight is 2300 g/mol. The van der Waals surface area contributed by atoms with E-state index < -0.39 is 74.2 Å². The second kappa shape index (κ2) is 81.6. The van der Waals surface area contributed by atoms with Gasteiger partial charge in [-0.15, -0.1) is 0 Å². The molecule has 7 unspecified atom stereocenters. The van der Waals surface area contributed by atoms with Gasteiger partial charge in [-0.05, 0) is 224 Å². The molecule has 1 rings (SSSR count). The fourth-order valence-electron chi connectivity index (χ4n) is 9.20. The first-order valence-corrected chi connectivity index (χ1v) is 74.1. The summed E-state index contributed by atoms with van der Waals surface area (Å²) in [5.74, 6) is 2.07. The van der Waals surface area contributed by atoms with E-state index in [1.165, 1.54) is 4.91 Å². The van der Waals surface area contributed by atoms with Crippen molar-refractivity contribution in [1.29, 1.82) is 0 Å². The Labute approximate surface area is 927 Å². The molecule has 30 nitrogen and oxygen atoms in total. The number of rotatable bonds is 45. The number of Topliss-reactive ketones (excluding diaryl/α,β-unsaturated/α-hetero) is 1. The van der Waals surface area contributed by atoms with Crippen LogP contribution in [0.1, 0.15) is 275 Å². The van der Waals surface area contributed by atoms with E-state index in [1.54, 1.807) is 0 Å². The van der Waals surface area contributed by atoms with Crippen molar-refractivity contribution < 1.29 is 138 Å². The number of hydrogen-bond acceptors (Lipinski definition) is 25. The van der Waals surface area contributed by atoms with Crippen LogP contribution in [0.25, 0.3) is 26.4 Å². The van der Waals surface area contributed by atoms with Crippen LogP contribution in [0.3, 0.4) is 0 Å². The molecule has 1 saturated heterocycles. The van der Waals surface area contributed by atoms with Gasteiger partial charge in [0, 0.05) is 106 Å². The second-order valence-corrected chi connectivity index (χ2v) is 84.4. The second-order valence-electron chi connectivity index (χ2n) is 46.1. The zero-order valence-electron chi connectivity index (χ0n) is 96.2. The molecule has 138 heavy (non-hydrogen) atoms.